The van der Waals surface area contributed by atoms with Crippen LogP contribution >= 0.6 is 11.8 Å². The Labute approximate surface area is 160 Å². The van der Waals surface area contributed by atoms with Crippen LogP contribution in [-0.4, -0.2) is 39.8 Å². The van der Waals surface area contributed by atoms with E-state index in [1.807, 2.05) is 49.1 Å². The average Bonchev–Trinajstić information content (AvgIpc) is 2.60. The van der Waals surface area contributed by atoms with Crippen molar-refractivity contribution >= 4 is 17.6 Å². The largest absolute Gasteiger partial charge is 0.438 e. The number of thioether (sulfide) groups is 1. The normalized spacial score (nSPS) is 11.7. The van der Waals surface area contributed by atoms with E-state index in [-0.39, 0.29) is 6.04 Å². The number of aromatic nitrogens is 1. The van der Waals surface area contributed by atoms with E-state index >= 15 is 0 Å². The third-order valence-corrected chi connectivity index (χ3v) is 5.05. The second-order valence-corrected chi connectivity index (χ2v) is 7.19. The first-order valence-corrected chi connectivity index (χ1v) is 9.92. The number of oxime groups is 1. The minimum atomic E-state index is 0.183. The average molecular weight is 374 g/mol. The predicted octanol–water partition coefficient (Wildman–Crippen LogP) is 5.08. The van der Waals surface area contributed by atoms with E-state index in [4.69, 9.17) is 4.74 Å². The van der Waals surface area contributed by atoms with Gasteiger partial charge in [0.1, 0.15) is 5.75 Å². The minimum absolute atomic E-state index is 0.183. The molecule has 0 saturated carbocycles. The fourth-order valence-electron chi connectivity index (χ4n) is 2.83. The number of nitrogens with zero attached hydrogens (tertiary/aromatic N) is 3. The van der Waals surface area contributed by atoms with Gasteiger partial charge in [0.25, 0.3) is 0 Å². The van der Waals surface area contributed by atoms with Crippen molar-refractivity contribution in [1.82, 2.24) is 9.88 Å². The molecule has 26 heavy (non-hydrogen) atoms. The van der Waals surface area contributed by atoms with Gasteiger partial charge in [-0.25, -0.2) is 4.98 Å². The summed E-state index contributed by atoms with van der Waals surface area (Å²) in [5.41, 5.74) is 2.66. The Bertz CT molecular complexity index is 791. The molecular formula is C20H27N3O2S. The van der Waals surface area contributed by atoms with Crippen molar-refractivity contribution in [2.24, 2.45) is 5.16 Å². The van der Waals surface area contributed by atoms with Crippen molar-refractivity contribution in [3.8, 4) is 11.6 Å². The zero-order chi connectivity index (χ0) is 19.3. The van der Waals surface area contributed by atoms with Gasteiger partial charge in [0.05, 0.1) is 5.56 Å². The first-order valence-electron chi connectivity index (χ1n) is 8.70. The molecule has 2 rings (SSSR count). The molecule has 6 heteroatoms. The number of pyridine rings is 1. The smallest absolute Gasteiger partial charge is 0.230 e. The molecule has 2 aromatic rings. The number of aryl methyl sites for hydroxylation is 2. The van der Waals surface area contributed by atoms with E-state index in [9.17, 15) is 5.21 Å². The van der Waals surface area contributed by atoms with Crippen LogP contribution in [0.3, 0.4) is 0 Å². The minimum Gasteiger partial charge on any atom is -0.438 e. The van der Waals surface area contributed by atoms with Crippen molar-refractivity contribution in [3.05, 3.63) is 47.2 Å². The summed E-state index contributed by atoms with van der Waals surface area (Å²) in [5, 5.41) is 13.2. The van der Waals surface area contributed by atoms with Crippen molar-refractivity contribution < 1.29 is 9.94 Å². The third kappa shape index (κ3) is 4.49. The number of hydrogen-bond donors (Lipinski definition) is 1. The standard InChI is InChI=1S/C20H27N3O2S/c1-7-23(13(2)3)19(22-24)17-10-8-15(5)21-20(17)25-16-9-11-18(26-6)14(4)12-16/h8-13,24H,7H2,1-6H3/b22-19-. The summed E-state index contributed by atoms with van der Waals surface area (Å²) in [4.78, 5) is 7.75. The van der Waals surface area contributed by atoms with Gasteiger partial charge >= 0.3 is 0 Å². The molecule has 0 saturated heterocycles. The second-order valence-electron chi connectivity index (χ2n) is 6.34. The molecule has 0 fully saturated rings. The van der Waals surface area contributed by atoms with Crippen LogP contribution in [-0.2, 0) is 0 Å². The number of amidine groups is 1. The van der Waals surface area contributed by atoms with Gasteiger partial charge in [0.2, 0.25) is 5.88 Å². The van der Waals surface area contributed by atoms with Gasteiger partial charge in [-0.15, -0.1) is 11.8 Å². The van der Waals surface area contributed by atoms with E-state index in [1.54, 1.807) is 11.8 Å². The third-order valence-electron chi connectivity index (χ3n) is 4.15. The van der Waals surface area contributed by atoms with E-state index in [1.165, 1.54) is 4.90 Å². The molecule has 0 atom stereocenters. The van der Waals surface area contributed by atoms with Crippen LogP contribution in [0.15, 0.2) is 40.4 Å². The van der Waals surface area contributed by atoms with E-state index in [0.29, 0.717) is 29.6 Å². The fraction of sp³-hybridized carbons (Fsp3) is 0.400. The topological polar surface area (TPSA) is 58.0 Å². The molecule has 5 nitrogen and oxygen atoms in total. The molecule has 0 aliphatic carbocycles. The number of ether oxygens (including phenoxy) is 1. The molecule has 0 aliphatic rings. The van der Waals surface area contributed by atoms with Crippen LogP contribution < -0.4 is 4.74 Å². The van der Waals surface area contributed by atoms with Crippen LogP contribution in [0, 0.1) is 13.8 Å². The maximum atomic E-state index is 9.66. The highest BCUT2D eigenvalue weighted by Gasteiger charge is 2.21. The number of rotatable bonds is 6. The van der Waals surface area contributed by atoms with Gasteiger partial charge in [-0.2, -0.15) is 0 Å². The molecule has 0 spiro atoms. The molecule has 0 aliphatic heterocycles. The molecule has 140 valence electrons. The van der Waals surface area contributed by atoms with Gasteiger partial charge < -0.3 is 14.8 Å². The van der Waals surface area contributed by atoms with Gasteiger partial charge in [-0.05, 0) is 76.8 Å². The lowest BCUT2D eigenvalue weighted by Crippen LogP contribution is -2.37. The van der Waals surface area contributed by atoms with Crippen molar-refractivity contribution in [2.45, 2.75) is 45.6 Å². The van der Waals surface area contributed by atoms with Crippen LogP contribution in [0.5, 0.6) is 11.6 Å². The lowest BCUT2D eigenvalue weighted by molar-refractivity contribution is 0.289. The first kappa shape index (κ1) is 20.1. The lowest BCUT2D eigenvalue weighted by atomic mass is 10.1. The highest BCUT2D eigenvalue weighted by molar-refractivity contribution is 7.98. The van der Waals surface area contributed by atoms with Crippen LogP contribution in [0.2, 0.25) is 0 Å². The molecule has 1 aromatic carbocycles. The fourth-order valence-corrected chi connectivity index (χ4v) is 3.42. The summed E-state index contributed by atoms with van der Waals surface area (Å²) in [6.07, 6.45) is 2.05. The highest BCUT2D eigenvalue weighted by atomic mass is 32.2. The summed E-state index contributed by atoms with van der Waals surface area (Å²) in [6, 6.07) is 9.93. The Kier molecular flexibility index (Phi) is 6.91. The molecule has 1 N–H and O–H groups in total. The Balaban J connectivity index is 2.46. The van der Waals surface area contributed by atoms with Crippen LogP contribution in [0.1, 0.15) is 37.6 Å². The SMILES string of the molecule is CCN(/C(=N\O)c1ccc(C)nc1Oc1ccc(SC)c(C)c1)C(C)C. The zero-order valence-electron chi connectivity index (χ0n) is 16.3. The Morgan fingerprint density at radius 1 is 1.27 bits per heavy atom. The summed E-state index contributed by atoms with van der Waals surface area (Å²) < 4.78 is 6.09. The van der Waals surface area contributed by atoms with Crippen molar-refractivity contribution in [1.29, 1.82) is 0 Å². The molecular weight excluding hydrogens is 346 g/mol. The Morgan fingerprint density at radius 2 is 2.00 bits per heavy atom. The number of hydrogen-bond acceptors (Lipinski definition) is 5. The molecule has 0 amide bonds. The number of benzene rings is 1. The van der Waals surface area contributed by atoms with Crippen molar-refractivity contribution in [3.63, 3.8) is 0 Å². The molecule has 1 aromatic heterocycles. The predicted molar refractivity (Wildman–Crippen MR) is 108 cm³/mol. The van der Waals surface area contributed by atoms with Crippen LogP contribution in [0.4, 0.5) is 0 Å². The molecule has 0 bridgehead atoms. The van der Waals surface area contributed by atoms with E-state index in [2.05, 4.69) is 37.2 Å². The summed E-state index contributed by atoms with van der Waals surface area (Å²) >= 11 is 1.70. The van der Waals surface area contributed by atoms with Gasteiger partial charge in [-0.1, -0.05) is 5.16 Å². The maximum Gasteiger partial charge on any atom is 0.230 e. The highest BCUT2D eigenvalue weighted by Crippen LogP contribution is 2.29. The van der Waals surface area contributed by atoms with Gasteiger partial charge in [0, 0.05) is 23.2 Å². The van der Waals surface area contributed by atoms with E-state index in [0.717, 1.165) is 11.3 Å². The quantitative estimate of drug-likeness (QED) is 0.252. The zero-order valence-corrected chi connectivity index (χ0v) is 17.1. The second kappa shape index (κ2) is 8.94. The maximum absolute atomic E-state index is 9.66. The summed E-state index contributed by atoms with van der Waals surface area (Å²) in [5.74, 6) is 1.61. The molecule has 1 heterocycles. The lowest BCUT2D eigenvalue weighted by Gasteiger charge is -2.28. The van der Waals surface area contributed by atoms with Gasteiger partial charge in [-0.3, -0.25) is 0 Å². The van der Waals surface area contributed by atoms with E-state index < -0.39 is 0 Å². The molecule has 0 unspecified atom stereocenters. The summed E-state index contributed by atoms with van der Waals surface area (Å²) in [6.45, 7) is 10.8. The van der Waals surface area contributed by atoms with Gasteiger partial charge in [0.15, 0.2) is 5.84 Å². The van der Waals surface area contributed by atoms with Crippen molar-refractivity contribution in [2.75, 3.05) is 12.8 Å². The monoisotopic (exact) mass is 373 g/mol. The Morgan fingerprint density at radius 3 is 2.54 bits per heavy atom. The van der Waals surface area contributed by atoms with Crippen LogP contribution in [0.25, 0.3) is 0 Å². The summed E-state index contributed by atoms with van der Waals surface area (Å²) in [7, 11) is 0. The first-order chi connectivity index (χ1) is 12.4. The Hall–Kier alpha value is -2.21. The molecule has 0 radical (unpaired) electrons.